The number of hydrogen-bond donors (Lipinski definition) is 2. The van der Waals surface area contributed by atoms with Crippen molar-refractivity contribution in [2.45, 2.75) is 37.9 Å². The molecule has 0 unspecified atom stereocenters. The maximum atomic E-state index is 12.4. The third kappa shape index (κ3) is 3.99. The summed E-state index contributed by atoms with van der Waals surface area (Å²) in [5.41, 5.74) is 2.22. The molecule has 0 saturated carbocycles. The van der Waals surface area contributed by atoms with Gasteiger partial charge >= 0.3 is 0 Å². The number of methoxy groups -OCH3 is 2. The van der Waals surface area contributed by atoms with Crippen LogP contribution in [0.5, 0.6) is 11.5 Å². The van der Waals surface area contributed by atoms with E-state index in [2.05, 4.69) is 29.7 Å². The molecule has 1 aliphatic rings. The van der Waals surface area contributed by atoms with E-state index in [1.54, 1.807) is 14.2 Å². The quantitative estimate of drug-likeness (QED) is 0.864. The van der Waals surface area contributed by atoms with Gasteiger partial charge in [-0.15, -0.1) is 0 Å². The van der Waals surface area contributed by atoms with Crippen LogP contribution in [0.25, 0.3) is 0 Å². The number of ether oxygens (including phenoxy) is 2. The fourth-order valence-corrected chi connectivity index (χ4v) is 3.45. The van der Waals surface area contributed by atoms with Crippen molar-refractivity contribution in [1.82, 2.24) is 10.6 Å². The highest BCUT2D eigenvalue weighted by atomic mass is 16.5. The molecule has 0 bridgehead atoms. The van der Waals surface area contributed by atoms with Gasteiger partial charge in [0.2, 0.25) is 5.91 Å². The minimum Gasteiger partial charge on any atom is -0.497 e. The van der Waals surface area contributed by atoms with Gasteiger partial charge in [0, 0.05) is 18.5 Å². The van der Waals surface area contributed by atoms with Crippen LogP contribution < -0.4 is 20.1 Å². The second-order valence-electron chi connectivity index (χ2n) is 6.53. The summed E-state index contributed by atoms with van der Waals surface area (Å²) in [6, 6.07) is 15.9. The molecular weight excluding hydrogens is 328 g/mol. The van der Waals surface area contributed by atoms with Crippen LogP contribution in [-0.2, 0) is 4.79 Å². The fourth-order valence-electron chi connectivity index (χ4n) is 3.45. The Morgan fingerprint density at radius 3 is 1.96 bits per heavy atom. The van der Waals surface area contributed by atoms with E-state index >= 15 is 0 Å². The highest BCUT2D eigenvalue weighted by Gasteiger charge is 2.31. The highest BCUT2D eigenvalue weighted by molar-refractivity contribution is 5.77. The van der Waals surface area contributed by atoms with Crippen LogP contribution in [0.1, 0.15) is 43.0 Å². The number of carbonyl (C=O) groups excluding carboxylic acids is 1. The molecule has 3 atom stereocenters. The van der Waals surface area contributed by atoms with Crippen LogP contribution in [0.2, 0.25) is 0 Å². The molecule has 5 nitrogen and oxygen atoms in total. The second-order valence-corrected chi connectivity index (χ2v) is 6.53. The second kappa shape index (κ2) is 8.23. The van der Waals surface area contributed by atoms with Gasteiger partial charge in [0.1, 0.15) is 11.5 Å². The largest absolute Gasteiger partial charge is 0.497 e. The summed E-state index contributed by atoms with van der Waals surface area (Å²) in [6.45, 7) is 2.09. The van der Waals surface area contributed by atoms with Gasteiger partial charge < -0.3 is 20.1 Å². The van der Waals surface area contributed by atoms with Crippen LogP contribution in [0.4, 0.5) is 0 Å². The maximum Gasteiger partial charge on any atom is 0.222 e. The van der Waals surface area contributed by atoms with Crippen molar-refractivity contribution in [3.05, 3.63) is 59.7 Å². The molecule has 2 aromatic carbocycles. The highest BCUT2D eigenvalue weighted by Crippen LogP contribution is 2.30. The van der Waals surface area contributed by atoms with E-state index in [1.807, 2.05) is 36.4 Å². The molecule has 1 heterocycles. The zero-order valence-corrected chi connectivity index (χ0v) is 15.5. The van der Waals surface area contributed by atoms with E-state index in [-0.39, 0.29) is 24.0 Å². The van der Waals surface area contributed by atoms with E-state index in [4.69, 9.17) is 9.47 Å². The van der Waals surface area contributed by atoms with E-state index < -0.39 is 0 Å². The first-order valence-electron chi connectivity index (χ1n) is 8.98. The molecule has 0 aliphatic carbocycles. The number of amides is 1. The van der Waals surface area contributed by atoms with Crippen molar-refractivity contribution < 1.29 is 14.3 Å². The number of carbonyl (C=O) groups is 1. The van der Waals surface area contributed by atoms with Crippen LogP contribution in [0.3, 0.4) is 0 Å². The summed E-state index contributed by atoms with van der Waals surface area (Å²) in [4.78, 5) is 12.4. The summed E-state index contributed by atoms with van der Waals surface area (Å²) in [5, 5.41) is 6.86. The third-order valence-electron chi connectivity index (χ3n) is 4.95. The Hall–Kier alpha value is -2.53. The van der Waals surface area contributed by atoms with Crippen molar-refractivity contribution in [3.8, 4) is 11.5 Å². The minimum atomic E-state index is -0.0513. The molecule has 26 heavy (non-hydrogen) atoms. The predicted molar refractivity (Wildman–Crippen MR) is 101 cm³/mol. The molecule has 138 valence electrons. The summed E-state index contributed by atoms with van der Waals surface area (Å²) >= 11 is 0. The third-order valence-corrected chi connectivity index (χ3v) is 4.95. The van der Waals surface area contributed by atoms with Gasteiger partial charge in [-0.3, -0.25) is 4.79 Å². The summed E-state index contributed by atoms with van der Waals surface area (Å²) in [7, 11) is 3.31. The van der Waals surface area contributed by atoms with Crippen LogP contribution in [0, 0.1) is 0 Å². The molecule has 0 radical (unpaired) electrons. The lowest BCUT2D eigenvalue weighted by molar-refractivity contribution is -0.121. The summed E-state index contributed by atoms with van der Waals surface area (Å²) in [5.74, 6) is 1.71. The monoisotopic (exact) mass is 354 g/mol. The van der Waals surface area contributed by atoms with E-state index in [9.17, 15) is 4.79 Å². The number of nitrogens with one attached hydrogen (secondary N) is 2. The molecule has 1 fully saturated rings. The first-order valence-corrected chi connectivity index (χ1v) is 8.98. The van der Waals surface area contributed by atoms with Crippen molar-refractivity contribution >= 4 is 5.91 Å². The first-order chi connectivity index (χ1) is 12.6. The Morgan fingerprint density at radius 1 is 0.923 bits per heavy atom. The van der Waals surface area contributed by atoms with Gasteiger partial charge in [0.15, 0.2) is 0 Å². The summed E-state index contributed by atoms with van der Waals surface area (Å²) < 4.78 is 10.5. The molecule has 3 rings (SSSR count). The molecular formula is C21H26N2O3. The molecule has 2 N–H and O–H groups in total. The van der Waals surface area contributed by atoms with Gasteiger partial charge in [-0.1, -0.05) is 31.2 Å². The summed E-state index contributed by atoms with van der Waals surface area (Å²) in [6.07, 6.45) is 1.26. The lowest BCUT2D eigenvalue weighted by Gasteiger charge is -2.28. The van der Waals surface area contributed by atoms with Crippen LogP contribution in [-0.4, -0.2) is 26.2 Å². The average Bonchev–Trinajstić information content (AvgIpc) is 2.86. The Bertz CT molecular complexity index is 728. The standard InChI is InChI=1S/C21H26N2O3/c1-4-18-21(15-7-11-17(26-3)12-8-15)23-19(13-20(24)22-18)14-5-9-16(25-2)10-6-14/h5-12,18-19,21,23H,4,13H2,1-3H3,(H,22,24)/t18-,19-,21-/m1/s1. The van der Waals surface area contributed by atoms with Crippen LogP contribution >= 0.6 is 0 Å². The lowest BCUT2D eigenvalue weighted by Crippen LogP contribution is -2.40. The Morgan fingerprint density at radius 2 is 1.46 bits per heavy atom. The Kier molecular flexibility index (Phi) is 5.78. The SMILES string of the molecule is CC[C@H]1NC(=O)C[C@H](c2ccc(OC)cc2)N[C@@H]1c1ccc(OC)cc1. The van der Waals surface area contributed by atoms with Gasteiger partial charge in [0.25, 0.3) is 0 Å². The van der Waals surface area contributed by atoms with Crippen molar-refractivity contribution in [2.24, 2.45) is 0 Å². The lowest BCUT2D eigenvalue weighted by atomic mass is 9.96. The topological polar surface area (TPSA) is 59.6 Å². The molecule has 1 aliphatic heterocycles. The van der Waals surface area contributed by atoms with Crippen molar-refractivity contribution in [2.75, 3.05) is 14.2 Å². The van der Waals surface area contributed by atoms with Crippen molar-refractivity contribution in [1.29, 1.82) is 0 Å². The Labute approximate surface area is 154 Å². The van der Waals surface area contributed by atoms with Gasteiger partial charge in [0.05, 0.1) is 20.3 Å². The molecule has 2 aromatic rings. The normalized spacial score (nSPS) is 23.0. The smallest absolute Gasteiger partial charge is 0.222 e. The Balaban J connectivity index is 1.90. The van der Waals surface area contributed by atoms with Gasteiger partial charge in [-0.05, 0) is 41.8 Å². The van der Waals surface area contributed by atoms with E-state index in [1.165, 1.54) is 0 Å². The fraction of sp³-hybridized carbons (Fsp3) is 0.381. The maximum absolute atomic E-state index is 12.4. The molecule has 0 aromatic heterocycles. The molecule has 1 saturated heterocycles. The number of hydrogen-bond acceptors (Lipinski definition) is 4. The minimum absolute atomic E-state index is 0.0319. The van der Waals surface area contributed by atoms with E-state index in [0.29, 0.717) is 6.42 Å². The van der Waals surface area contributed by atoms with Crippen LogP contribution in [0.15, 0.2) is 48.5 Å². The van der Waals surface area contributed by atoms with E-state index in [0.717, 1.165) is 29.0 Å². The van der Waals surface area contributed by atoms with Gasteiger partial charge in [-0.25, -0.2) is 0 Å². The number of benzene rings is 2. The molecule has 0 spiro atoms. The molecule has 1 amide bonds. The van der Waals surface area contributed by atoms with Gasteiger partial charge in [-0.2, -0.15) is 0 Å². The van der Waals surface area contributed by atoms with Crippen molar-refractivity contribution in [3.63, 3.8) is 0 Å². The zero-order valence-electron chi connectivity index (χ0n) is 15.5. The zero-order chi connectivity index (χ0) is 18.5. The first kappa shape index (κ1) is 18.3. The average molecular weight is 354 g/mol. The number of rotatable bonds is 5. The molecule has 5 heteroatoms. The predicted octanol–water partition coefficient (Wildman–Crippen LogP) is 3.37.